The van der Waals surface area contributed by atoms with Gasteiger partial charge in [-0.15, -0.1) is 0 Å². The first-order valence-electron chi connectivity index (χ1n) is 5.94. The lowest BCUT2D eigenvalue weighted by Crippen LogP contribution is -2.34. The summed E-state index contributed by atoms with van der Waals surface area (Å²) in [5, 5.41) is 3.30. The molecule has 1 aromatic rings. The van der Waals surface area contributed by atoms with Gasteiger partial charge in [0.1, 0.15) is 0 Å². The molecular formula is C13H17BrN2O. The van der Waals surface area contributed by atoms with Crippen molar-refractivity contribution in [2.45, 2.75) is 13.3 Å². The zero-order valence-corrected chi connectivity index (χ0v) is 11.6. The molecule has 1 aliphatic heterocycles. The van der Waals surface area contributed by atoms with E-state index in [4.69, 9.17) is 0 Å². The van der Waals surface area contributed by atoms with Crippen LogP contribution in [-0.4, -0.2) is 37.0 Å². The van der Waals surface area contributed by atoms with E-state index in [0.29, 0.717) is 0 Å². The van der Waals surface area contributed by atoms with Crippen LogP contribution in [-0.2, 0) is 0 Å². The van der Waals surface area contributed by atoms with Crippen molar-refractivity contribution in [3.63, 3.8) is 0 Å². The third kappa shape index (κ3) is 3.07. The summed E-state index contributed by atoms with van der Waals surface area (Å²) in [5.74, 6) is 0.143. The zero-order chi connectivity index (χ0) is 12.3. The molecular weight excluding hydrogens is 280 g/mol. The van der Waals surface area contributed by atoms with Crippen LogP contribution < -0.4 is 5.32 Å². The molecule has 0 spiro atoms. The monoisotopic (exact) mass is 296 g/mol. The Morgan fingerprint density at radius 1 is 1.35 bits per heavy atom. The molecule has 17 heavy (non-hydrogen) atoms. The molecule has 2 rings (SSSR count). The predicted octanol–water partition coefficient (Wildman–Crippen LogP) is 2.19. The van der Waals surface area contributed by atoms with Crippen molar-refractivity contribution in [1.29, 1.82) is 0 Å². The normalized spacial score (nSPS) is 16.7. The van der Waals surface area contributed by atoms with Gasteiger partial charge in [-0.1, -0.05) is 15.9 Å². The number of carbonyl (C=O) groups is 1. The minimum Gasteiger partial charge on any atom is -0.337 e. The zero-order valence-electron chi connectivity index (χ0n) is 10.0. The van der Waals surface area contributed by atoms with E-state index in [-0.39, 0.29) is 5.91 Å². The molecule has 4 heteroatoms. The Morgan fingerprint density at radius 3 is 2.94 bits per heavy atom. The predicted molar refractivity (Wildman–Crippen MR) is 72.3 cm³/mol. The summed E-state index contributed by atoms with van der Waals surface area (Å²) in [6.45, 7) is 5.55. The molecule has 0 aromatic heterocycles. The molecule has 1 amide bonds. The standard InChI is InChI=1S/C13H17BrN2O/c1-10-9-11(3-4-12(10)14)13(17)16-7-2-5-15-6-8-16/h3-4,9,15H,2,5-8H2,1H3. The molecule has 0 radical (unpaired) electrons. The van der Waals surface area contributed by atoms with Crippen molar-refractivity contribution >= 4 is 21.8 Å². The minimum atomic E-state index is 0.143. The summed E-state index contributed by atoms with van der Waals surface area (Å²) in [6.07, 6.45) is 1.03. The molecule has 1 fully saturated rings. The average molecular weight is 297 g/mol. The second kappa shape index (κ2) is 5.65. The van der Waals surface area contributed by atoms with Crippen LogP contribution in [0.5, 0.6) is 0 Å². The fourth-order valence-electron chi connectivity index (χ4n) is 2.01. The molecule has 1 aromatic carbocycles. The number of amides is 1. The number of nitrogens with zero attached hydrogens (tertiary/aromatic N) is 1. The number of hydrogen-bond acceptors (Lipinski definition) is 2. The Hall–Kier alpha value is -0.870. The van der Waals surface area contributed by atoms with E-state index in [1.54, 1.807) is 0 Å². The van der Waals surface area contributed by atoms with Gasteiger partial charge in [0.25, 0.3) is 5.91 Å². The van der Waals surface area contributed by atoms with E-state index in [0.717, 1.165) is 48.2 Å². The van der Waals surface area contributed by atoms with Crippen molar-refractivity contribution in [3.05, 3.63) is 33.8 Å². The highest BCUT2D eigenvalue weighted by atomic mass is 79.9. The van der Waals surface area contributed by atoms with Crippen LogP contribution in [0.3, 0.4) is 0 Å². The molecule has 0 aliphatic carbocycles. The van der Waals surface area contributed by atoms with E-state index in [2.05, 4.69) is 21.2 Å². The molecule has 92 valence electrons. The number of benzene rings is 1. The maximum absolute atomic E-state index is 12.3. The average Bonchev–Trinajstić information content (AvgIpc) is 2.60. The van der Waals surface area contributed by atoms with Crippen molar-refractivity contribution in [1.82, 2.24) is 10.2 Å². The summed E-state index contributed by atoms with van der Waals surface area (Å²) >= 11 is 3.45. The van der Waals surface area contributed by atoms with Gasteiger partial charge in [-0.05, 0) is 43.7 Å². The second-order valence-corrected chi connectivity index (χ2v) is 5.21. The minimum absolute atomic E-state index is 0.143. The Morgan fingerprint density at radius 2 is 2.18 bits per heavy atom. The number of hydrogen-bond donors (Lipinski definition) is 1. The first-order chi connectivity index (χ1) is 8.18. The Balaban J connectivity index is 2.14. The molecule has 0 saturated carbocycles. The van der Waals surface area contributed by atoms with Crippen LogP contribution >= 0.6 is 15.9 Å². The quantitative estimate of drug-likeness (QED) is 0.862. The molecule has 0 atom stereocenters. The van der Waals surface area contributed by atoms with Crippen LogP contribution in [0.4, 0.5) is 0 Å². The summed E-state index contributed by atoms with van der Waals surface area (Å²) in [5.41, 5.74) is 1.89. The molecule has 1 N–H and O–H groups in total. The SMILES string of the molecule is Cc1cc(C(=O)N2CCCNCC2)ccc1Br. The van der Waals surface area contributed by atoms with Crippen molar-refractivity contribution in [2.75, 3.05) is 26.2 Å². The van der Waals surface area contributed by atoms with Gasteiger partial charge in [-0.2, -0.15) is 0 Å². The van der Waals surface area contributed by atoms with Crippen molar-refractivity contribution in [2.24, 2.45) is 0 Å². The summed E-state index contributed by atoms with van der Waals surface area (Å²) in [6, 6.07) is 5.78. The smallest absolute Gasteiger partial charge is 0.253 e. The van der Waals surface area contributed by atoms with Crippen molar-refractivity contribution in [3.8, 4) is 0 Å². The van der Waals surface area contributed by atoms with E-state index in [9.17, 15) is 4.79 Å². The van der Waals surface area contributed by atoms with Gasteiger partial charge in [-0.3, -0.25) is 4.79 Å². The molecule has 0 bridgehead atoms. The highest BCUT2D eigenvalue weighted by Gasteiger charge is 2.17. The van der Waals surface area contributed by atoms with Crippen LogP contribution in [0.25, 0.3) is 0 Å². The summed E-state index contributed by atoms with van der Waals surface area (Å²) in [7, 11) is 0. The van der Waals surface area contributed by atoms with E-state index >= 15 is 0 Å². The number of carbonyl (C=O) groups excluding carboxylic acids is 1. The van der Waals surface area contributed by atoms with E-state index in [1.165, 1.54) is 0 Å². The molecule has 3 nitrogen and oxygen atoms in total. The third-order valence-electron chi connectivity index (χ3n) is 3.03. The van der Waals surface area contributed by atoms with Crippen LogP contribution in [0.2, 0.25) is 0 Å². The lowest BCUT2D eigenvalue weighted by molar-refractivity contribution is 0.0766. The molecule has 1 saturated heterocycles. The van der Waals surface area contributed by atoms with Gasteiger partial charge in [0.05, 0.1) is 0 Å². The van der Waals surface area contributed by atoms with E-state index < -0.39 is 0 Å². The first-order valence-corrected chi connectivity index (χ1v) is 6.74. The van der Waals surface area contributed by atoms with Gasteiger partial charge in [0.15, 0.2) is 0 Å². The third-order valence-corrected chi connectivity index (χ3v) is 3.92. The topological polar surface area (TPSA) is 32.3 Å². The molecule has 1 heterocycles. The maximum Gasteiger partial charge on any atom is 0.253 e. The fraction of sp³-hybridized carbons (Fsp3) is 0.462. The molecule has 1 aliphatic rings. The number of aryl methyl sites for hydroxylation is 1. The highest BCUT2D eigenvalue weighted by molar-refractivity contribution is 9.10. The highest BCUT2D eigenvalue weighted by Crippen LogP contribution is 2.18. The maximum atomic E-state index is 12.3. The number of nitrogens with one attached hydrogen (secondary N) is 1. The lowest BCUT2D eigenvalue weighted by atomic mass is 10.1. The van der Waals surface area contributed by atoms with Gasteiger partial charge in [0.2, 0.25) is 0 Å². The summed E-state index contributed by atoms with van der Waals surface area (Å²) < 4.78 is 1.05. The Kier molecular flexibility index (Phi) is 4.18. The van der Waals surface area contributed by atoms with Crippen LogP contribution in [0.15, 0.2) is 22.7 Å². The second-order valence-electron chi connectivity index (χ2n) is 4.36. The first kappa shape index (κ1) is 12.6. The van der Waals surface area contributed by atoms with Crippen LogP contribution in [0.1, 0.15) is 22.3 Å². The van der Waals surface area contributed by atoms with E-state index in [1.807, 2.05) is 30.0 Å². The van der Waals surface area contributed by atoms with Crippen molar-refractivity contribution < 1.29 is 4.79 Å². The van der Waals surface area contributed by atoms with Gasteiger partial charge in [-0.25, -0.2) is 0 Å². The Bertz CT molecular complexity index is 412. The number of rotatable bonds is 1. The summed E-state index contributed by atoms with van der Waals surface area (Å²) in [4.78, 5) is 14.2. The number of halogens is 1. The van der Waals surface area contributed by atoms with Gasteiger partial charge >= 0.3 is 0 Å². The molecule has 0 unspecified atom stereocenters. The largest absolute Gasteiger partial charge is 0.337 e. The Labute approximate surface area is 110 Å². The van der Waals surface area contributed by atoms with Gasteiger partial charge in [0, 0.05) is 29.7 Å². The van der Waals surface area contributed by atoms with Crippen LogP contribution in [0, 0.1) is 6.92 Å². The van der Waals surface area contributed by atoms with Gasteiger partial charge < -0.3 is 10.2 Å². The lowest BCUT2D eigenvalue weighted by Gasteiger charge is -2.20. The fourth-order valence-corrected chi connectivity index (χ4v) is 2.26.